The molecule has 1 saturated heterocycles. The highest BCUT2D eigenvalue weighted by Gasteiger charge is 2.63. The third-order valence-corrected chi connectivity index (χ3v) is 4.97. The molecule has 1 aromatic heterocycles. The highest BCUT2D eigenvalue weighted by Crippen LogP contribution is 2.58. The third-order valence-electron chi connectivity index (χ3n) is 4.97. The second-order valence-corrected chi connectivity index (χ2v) is 6.50. The van der Waals surface area contributed by atoms with Crippen molar-refractivity contribution in [2.75, 3.05) is 19.6 Å². The van der Waals surface area contributed by atoms with Crippen LogP contribution in [0.2, 0.25) is 0 Å². The smallest absolute Gasteiger partial charge is 0.302 e. The zero-order valence-corrected chi connectivity index (χ0v) is 11.7. The van der Waals surface area contributed by atoms with Crippen LogP contribution in [-0.2, 0) is 5.54 Å². The van der Waals surface area contributed by atoms with Crippen molar-refractivity contribution >= 4 is 0 Å². The van der Waals surface area contributed by atoms with Gasteiger partial charge >= 0.3 is 6.18 Å². The number of nitrogens with zero attached hydrogens (tertiary/aromatic N) is 3. The van der Waals surface area contributed by atoms with E-state index < -0.39 is 11.6 Å². The second kappa shape index (κ2) is 4.48. The van der Waals surface area contributed by atoms with Gasteiger partial charge in [-0.15, -0.1) is 0 Å². The van der Waals surface area contributed by atoms with E-state index in [9.17, 15) is 13.2 Å². The Kier molecular flexibility index (Phi) is 3.12. The van der Waals surface area contributed by atoms with Crippen LogP contribution in [-0.4, -0.2) is 40.5 Å². The van der Waals surface area contributed by atoms with E-state index in [-0.39, 0.29) is 12.1 Å². The summed E-state index contributed by atoms with van der Waals surface area (Å²) in [6.45, 7) is 3.74. The molecule has 3 nitrogen and oxygen atoms in total. The Morgan fingerprint density at radius 1 is 1.15 bits per heavy atom. The Hall–Kier alpha value is -1.04. The summed E-state index contributed by atoms with van der Waals surface area (Å²) in [6, 6.07) is 1.89. The molecule has 0 radical (unpaired) electrons. The van der Waals surface area contributed by atoms with Crippen molar-refractivity contribution in [3.63, 3.8) is 0 Å². The molecule has 20 heavy (non-hydrogen) atoms. The molecule has 112 valence electrons. The molecule has 0 aromatic carbocycles. The number of likely N-dealkylation sites (tertiary alicyclic amines) is 1. The highest BCUT2D eigenvalue weighted by molar-refractivity contribution is 5.02. The molecular formula is C14H20F3N3. The minimum atomic E-state index is -4.05. The number of aromatic nitrogens is 2. The second-order valence-electron chi connectivity index (χ2n) is 6.50. The number of hydrogen-bond acceptors (Lipinski definition) is 2. The molecule has 0 amide bonds. The molecular weight excluding hydrogens is 267 g/mol. The number of rotatable bonds is 3. The Morgan fingerprint density at radius 3 is 2.25 bits per heavy atom. The van der Waals surface area contributed by atoms with Crippen molar-refractivity contribution in [2.45, 2.75) is 44.3 Å². The lowest BCUT2D eigenvalue weighted by Crippen LogP contribution is -2.48. The minimum Gasteiger partial charge on any atom is -0.302 e. The zero-order chi connectivity index (χ0) is 14.4. The van der Waals surface area contributed by atoms with Gasteiger partial charge in [-0.25, -0.2) is 0 Å². The number of piperidine rings is 1. The van der Waals surface area contributed by atoms with Gasteiger partial charge in [0, 0.05) is 32.0 Å². The molecule has 0 spiro atoms. The van der Waals surface area contributed by atoms with Gasteiger partial charge in [-0.2, -0.15) is 18.3 Å². The van der Waals surface area contributed by atoms with Crippen LogP contribution in [0.5, 0.6) is 0 Å². The Labute approximate surface area is 116 Å². The lowest BCUT2D eigenvalue weighted by molar-refractivity contribution is -0.193. The quantitative estimate of drug-likeness (QED) is 0.852. The largest absolute Gasteiger partial charge is 0.395 e. The Bertz CT molecular complexity index is 455. The molecule has 0 bridgehead atoms. The van der Waals surface area contributed by atoms with Gasteiger partial charge in [0.2, 0.25) is 0 Å². The summed E-state index contributed by atoms with van der Waals surface area (Å²) in [6.07, 6.45) is 1.93. The first-order valence-corrected chi connectivity index (χ1v) is 7.14. The fraction of sp³-hybridized carbons (Fsp3) is 0.786. The topological polar surface area (TPSA) is 21.1 Å². The van der Waals surface area contributed by atoms with Crippen molar-refractivity contribution in [1.82, 2.24) is 14.7 Å². The van der Waals surface area contributed by atoms with E-state index in [1.54, 1.807) is 6.20 Å². The van der Waals surface area contributed by atoms with Crippen LogP contribution < -0.4 is 0 Å². The van der Waals surface area contributed by atoms with Crippen molar-refractivity contribution in [3.8, 4) is 0 Å². The van der Waals surface area contributed by atoms with Crippen molar-refractivity contribution in [2.24, 2.45) is 5.41 Å². The van der Waals surface area contributed by atoms with Gasteiger partial charge in [0.25, 0.3) is 0 Å². The highest BCUT2D eigenvalue weighted by atomic mass is 19.4. The normalized spacial score (nSPS) is 25.6. The molecule has 0 atom stereocenters. The predicted octanol–water partition coefficient (Wildman–Crippen LogP) is 3.04. The lowest BCUT2D eigenvalue weighted by Gasteiger charge is -2.41. The van der Waals surface area contributed by atoms with E-state index in [4.69, 9.17) is 0 Å². The maximum atomic E-state index is 13.0. The third kappa shape index (κ3) is 2.34. The summed E-state index contributed by atoms with van der Waals surface area (Å²) in [5.41, 5.74) is -1.47. The Balaban J connectivity index is 1.60. The first kappa shape index (κ1) is 13.9. The first-order chi connectivity index (χ1) is 9.35. The maximum Gasteiger partial charge on any atom is 0.395 e. The summed E-state index contributed by atoms with van der Waals surface area (Å²) in [5.74, 6) is 0. The molecule has 3 rings (SSSR count). The molecule has 0 N–H and O–H groups in total. The van der Waals surface area contributed by atoms with E-state index in [2.05, 4.69) is 12.0 Å². The maximum absolute atomic E-state index is 13.0. The van der Waals surface area contributed by atoms with Gasteiger partial charge in [-0.3, -0.25) is 4.68 Å². The minimum absolute atomic E-state index is 0.0606. The van der Waals surface area contributed by atoms with E-state index in [1.165, 1.54) is 0 Å². The molecule has 1 aliphatic carbocycles. The summed E-state index contributed by atoms with van der Waals surface area (Å²) in [7, 11) is 0. The first-order valence-electron chi connectivity index (χ1n) is 7.14. The van der Waals surface area contributed by atoms with Crippen LogP contribution >= 0.6 is 0 Å². The zero-order valence-electron chi connectivity index (χ0n) is 11.7. The van der Waals surface area contributed by atoms with Gasteiger partial charge in [0.15, 0.2) is 0 Å². The fourth-order valence-corrected chi connectivity index (χ4v) is 3.12. The van der Waals surface area contributed by atoms with Gasteiger partial charge < -0.3 is 4.90 Å². The molecule has 1 aliphatic heterocycles. The molecule has 2 fully saturated rings. The summed E-state index contributed by atoms with van der Waals surface area (Å²) >= 11 is 0. The van der Waals surface area contributed by atoms with Crippen LogP contribution in [0.4, 0.5) is 13.2 Å². The van der Waals surface area contributed by atoms with Crippen molar-refractivity contribution in [1.29, 1.82) is 0 Å². The summed E-state index contributed by atoms with van der Waals surface area (Å²) in [4.78, 5) is 1.98. The van der Waals surface area contributed by atoms with E-state index >= 15 is 0 Å². The molecule has 0 unspecified atom stereocenters. The van der Waals surface area contributed by atoms with E-state index in [0.717, 1.165) is 12.8 Å². The number of hydrogen-bond donors (Lipinski definition) is 0. The number of halogens is 3. The standard InChI is InChI=1S/C14H20F3N3/c1-12(20-8-2-7-18-20)5-9-19(10-6-12)11-13(3-4-13)14(15,16)17/h2,7-8H,3-6,9-11H2,1H3. The van der Waals surface area contributed by atoms with Crippen LogP contribution in [0.1, 0.15) is 32.6 Å². The lowest BCUT2D eigenvalue weighted by atomic mass is 9.89. The number of alkyl halides is 3. The molecule has 1 aromatic rings. The fourth-order valence-electron chi connectivity index (χ4n) is 3.12. The van der Waals surface area contributed by atoms with Gasteiger partial charge in [-0.1, -0.05) is 0 Å². The van der Waals surface area contributed by atoms with Crippen molar-refractivity contribution < 1.29 is 13.2 Å². The van der Waals surface area contributed by atoms with Crippen LogP contribution in [0, 0.1) is 5.41 Å². The van der Waals surface area contributed by atoms with Crippen LogP contribution in [0.15, 0.2) is 18.5 Å². The Morgan fingerprint density at radius 2 is 1.80 bits per heavy atom. The van der Waals surface area contributed by atoms with Gasteiger partial charge in [0.05, 0.1) is 11.0 Å². The van der Waals surface area contributed by atoms with Crippen molar-refractivity contribution in [3.05, 3.63) is 18.5 Å². The van der Waals surface area contributed by atoms with Gasteiger partial charge in [0.1, 0.15) is 0 Å². The molecule has 2 aliphatic rings. The SMILES string of the molecule is CC1(n2cccn2)CCN(CC2(C(F)(F)F)CC2)CC1. The predicted molar refractivity (Wildman–Crippen MR) is 69.3 cm³/mol. The summed E-state index contributed by atoms with van der Waals surface area (Å²) < 4.78 is 40.9. The molecule has 1 saturated carbocycles. The average molecular weight is 287 g/mol. The molecule has 6 heteroatoms. The van der Waals surface area contributed by atoms with Gasteiger partial charge in [-0.05, 0) is 38.7 Å². The van der Waals surface area contributed by atoms with Crippen LogP contribution in [0.3, 0.4) is 0 Å². The van der Waals surface area contributed by atoms with E-state index in [1.807, 2.05) is 21.8 Å². The monoisotopic (exact) mass is 287 g/mol. The van der Waals surface area contributed by atoms with Crippen LogP contribution in [0.25, 0.3) is 0 Å². The summed E-state index contributed by atoms with van der Waals surface area (Å²) in [5, 5.41) is 4.28. The van der Waals surface area contributed by atoms with E-state index in [0.29, 0.717) is 25.9 Å². The molecule has 2 heterocycles. The average Bonchev–Trinajstić information content (AvgIpc) is 2.97.